The molecule has 0 aromatic heterocycles. The van der Waals surface area contributed by atoms with Crippen LogP contribution in [0, 0.1) is 13.8 Å². The largest absolute Gasteiger partial charge is 0.508 e. The van der Waals surface area contributed by atoms with Crippen molar-refractivity contribution >= 4 is 11.9 Å². The lowest BCUT2D eigenvalue weighted by Crippen LogP contribution is -2.53. The zero-order valence-electron chi connectivity index (χ0n) is 19.4. The average Bonchev–Trinajstić information content (AvgIpc) is 3.19. The van der Waals surface area contributed by atoms with E-state index >= 15 is 0 Å². The van der Waals surface area contributed by atoms with Crippen molar-refractivity contribution in [1.82, 2.24) is 9.80 Å². The Labute approximate surface area is 191 Å². The number of nitrogens with zero attached hydrogens (tertiary/aromatic N) is 2. The van der Waals surface area contributed by atoms with Gasteiger partial charge in [0.05, 0.1) is 6.04 Å². The second-order valence-corrected chi connectivity index (χ2v) is 8.91. The van der Waals surface area contributed by atoms with Crippen molar-refractivity contribution in [2.24, 2.45) is 5.73 Å². The minimum absolute atomic E-state index is 0.129. The van der Waals surface area contributed by atoms with Crippen molar-refractivity contribution < 1.29 is 14.7 Å². The van der Waals surface area contributed by atoms with Crippen molar-refractivity contribution in [1.29, 1.82) is 0 Å². The number of hydrogen-bond acceptors (Lipinski definition) is 4. The number of aromatic hydroxyl groups is 1. The molecule has 2 atom stereocenters. The molecule has 0 unspecified atom stereocenters. The molecular formula is C26H35N3O3. The maximum Gasteiger partial charge on any atom is 0.326 e. The topological polar surface area (TPSA) is 86.9 Å². The summed E-state index contributed by atoms with van der Waals surface area (Å²) < 4.78 is 0. The smallest absolute Gasteiger partial charge is 0.326 e. The Bertz CT molecular complexity index is 922. The normalized spacial score (nSPS) is 16.8. The first kappa shape index (κ1) is 23.8. The molecule has 0 bridgehead atoms. The van der Waals surface area contributed by atoms with Gasteiger partial charge >= 0.3 is 6.03 Å². The van der Waals surface area contributed by atoms with Crippen LogP contribution in [-0.4, -0.2) is 52.0 Å². The van der Waals surface area contributed by atoms with Gasteiger partial charge in [-0.15, -0.1) is 0 Å². The number of imide groups is 1. The van der Waals surface area contributed by atoms with E-state index in [2.05, 4.69) is 12.1 Å². The Morgan fingerprint density at radius 2 is 1.84 bits per heavy atom. The highest BCUT2D eigenvalue weighted by molar-refractivity contribution is 5.97. The number of phenols is 1. The summed E-state index contributed by atoms with van der Waals surface area (Å²) in [5.41, 5.74) is 10.3. The first-order valence-corrected chi connectivity index (χ1v) is 11.5. The van der Waals surface area contributed by atoms with Crippen LogP contribution in [0.25, 0.3) is 0 Å². The highest BCUT2D eigenvalue weighted by atomic mass is 16.3. The van der Waals surface area contributed by atoms with Gasteiger partial charge in [-0.1, -0.05) is 30.3 Å². The number of urea groups is 1. The van der Waals surface area contributed by atoms with Crippen molar-refractivity contribution in [2.75, 3.05) is 13.1 Å². The molecule has 6 nitrogen and oxygen atoms in total. The lowest BCUT2D eigenvalue weighted by atomic mass is 9.95. The van der Waals surface area contributed by atoms with Crippen LogP contribution in [0.1, 0.15) is 48.4 Å². The van der Waals surface area contributed by atoms with E-state index in [-0.39, 0.29) is 23.7 Å². The first-order chi connectivity index (χ1) is 15.3. The number of aryl methyl sites for hydroxylation is 3. The fourth-order valence-corrected chi connectivity index (χ4v) is 4.56. The van der Waals surface area contributed by atoms with Gasteiger partial charge in [-0.25, -0.2) is 4.79 Å². The summed E-state index contributed by atoms with van der Waals surface area (Å²) in [6.07, 6.45) is 3.72. The third-order valence-electron chi connectivity index (χ3n) is 6.41. The number of carbonyl (C=O) groups excluding carboxylic acids is 2. The Hall–Kier alpha value is -2.86. The molecule has 0 radical (unpaired) electrons. The van der Waals surface area contributed by atoms with Gasteiger partial charge in [0.25, 0.3) is 0 Å². The van der Waals surface area contributed by atoms with E-state index in [9.17, 15) is 14.7 Å². The van der Waals surface area contributed by atoms with E-state index in [0.717, 1.165) is 36.0 Å². The molecule has 32 heavy (non-hydrogen) atoms. The number of hydrogen-bond donors (Lipinski definition) is 2. The minimum atomic E-state index is -0.824. The van der Waals surface area contributed by atoms with Gasteiger partial charge in [0.15, 0.2) is 0 Å². The highest BCUT2D eigenvalue weighted by Crippen LogP contribution is 2.23. The van der Waals surface area contributed by atoms with Gasteiger partial charge < -0.3 is 15.7 Å². The maximum atomic E-state index is 13.4. The SMILES string of the molecule is Cc1cc(O)cc(C)c1C[C@H](N)C(=O)N(CCCc1ccccc1)C(=O)N1CCC[C@H]1C. The number of nitrogens with two attached hydrogens (primary N) is 1. The molecule has 1 saturated heterocycles. The van der Waals surface area contributed by atoms with Gasteiger partial charge in [0.1, 0.15) is 5.75 Å². The third-order valence-corrected chi connectivity index (χ3v) is 6.41. The van der Waals surface area contributed by atoms with Crippen LogP contribution in [0.4, 0.5) is 4.79 Å². The number of carbonyl (C=O) groups is 2. The average molecular weight is 438 g/mol. The Morgan fingerprint density at radius 3 is 2.44 bits per heavy atom. The molecule has 0 saturated carbocycles. The third kappa shape index (κ3) is 5.68. The Morgan fingerprint density at radius 1 is 1.19 bits per heavy atom. The predicted molar refractivity (Wildman–Crippen MR) is 127 cm³/mol. The number of amides is 3. The van der Waals surface area contributed by atoms with Crippen LogP contribution in [0.5, 0.6) is 5.75 Å². The second kappa shape index (κ2) is 10.6. The molecule has 1 heterocycles. The lowest BCUT2D eigenvalue weighted by molar-refractivity contribution is -0.130. The molecule has 0 aliphatic carbocycles. The molecule has 3 N–H and O–H groups in total. The zero-order valence-corrected chi connectivity index (χ0v) is 19.4. The summed E-state index contributed by atoms with van der Waals surface area (Å²) in [7, 11) is 0. The van der Waals surface area contributed by atoms with Gasteiger partial charge in [-0.05, 0) is 87.3 Å². The van der Waals surface area contributed by atoms with E-state index in [0.29, 0.717) is 25.9 Å². The quantitative estimate of drug-likeness (QED) is 0.687. The van der Waals surface area contributed by atoms with Gasteiger partial charge in [0, 0.05) is 19.1 Å². The highest BCUT2D eigenvalue weighted by Gasteiger charge is 2.34. The molecule has 3 amide bonds. The second-order valence-electron chi connectivity index (χ2n) is 8.91. The summed E-state index contributed by atoms with van der Waals surface area (Å²) in [6.45, 7) is 6.84. The summed E-state index contributed by atoms with van der Waals surface area (Å²) in [4.78, 5) is 29.9. The Balaban J connectivity index is 1.74. The summed E-state index contributed by atoms with van der Waals surface area (Å²) >= 11 is 0. The monoisotopic (exact) mass is 437 g/mol. The summed E-state index contributed by atoms with van der Waals surface area (Å²) in [5.74, 6) is -0.140. The van der Waals surface area contributed by atoms with Crippen LogP contribution in [0.3, 0.4) is 0 Å². The fraction of sp³-hybridized carbons (Fsp3) is 0.462. The summed E-state index contributed by atoms with van der Waals surface area (Å²) in [5, 5.41) is 9.80. The van der Waals surface area contributed by atoms with E-state index in [1.807, 2.05) is 39.0 Å². The molecule has 2 aromatic rings. The molecule has 1 aliphatic rings. The van der Waals surface area contributed by atoms with Crippen LogP contribution in [0.2, 0.25) is 0 Å². The first-order valence-electron chi connectivity index (χ1n) is 11.5. The molecule has 172 valence electrons. The fourth-order valence-electron chi connectivity index (χ4n) is 4.56. The van der Waals surface area contributed by atoms with Crippen molar-refractivity contribution in [3.05, 3.63) is 64.7 Å². The maximum absolute atomic E-state index is 13.4. The number of likely N-dealkylation sites (tertiary alicyclic amines) is 1. The number of phenolic OH excluding ortho intramolecular Hbond substituents is 1. The Kier molecular flexibility index (Phi) is 7.91. The molecular weight excluding hydrogens is 402 g/mol. The van der Waals surface area contributed by atoms with E-state index < -0.39 is 6.04 Å². The lowest BCUT2D eigenvalue weighted by Gasteiger charge is -2.31. The summed E-state index contributed by atoms with van der Waals surface area (Å²) in [6, 6.07) is 12.5. The van der Waals surface area contributed by atoms with Crippen LogP contribution in [0.15, 0.2) is 42.5 Å². The molecule has 2 aromatic carbocycles. The van der Waals surface area contributed by atoms with E-state index in [4.69, 9.17) is 5.73 Å². The van der Waals surface area contributed by atoms with Crippen LogP contribution < -0.4 is 5.73 Å². The van der Waals surface area contributed by atoms with Gasteiger partial charge in [-0.2, -0.15) is 0 Å². The molecule has 3 rings (SSSR count). The number of benzene rings is 2. The molecule has 1 fully saturated rings. The van der Waals surface area contributed by atoms with Crippen molar-refractivity contribution in [2.45, 2.75) is 65.0 Å². The van der Waals surface area contributed by atoms with Crippen LogP contribution in [-0.2, 0) is 17.6 Å². The minimum Gasteiger partial charge on any atom is -0.508 e. The van der Waals surface area contributed by atoms with E-state index in [1.54, 1.807) is 17.0 Å². The van der Waals surface area contributed by atoms with Crippen LogP contribution >= 0.6 is 0 Å². The van der Waals surface area contributed by atoms with Gasteiger partial charge in [0.2, 0.25) is 5.91 Å². The molecule has 1 aliphatic heterocycles. The van der Waals surface area contributed by atoms with E-state index in [1.165, 1.54) is 10.5 Å². The molecule has 0 spiro atoms. The van der Waals surface area contributed by atoms with Crippen molar-refractivity contribution in [3.8, 4) is 5.75 Å². The standard InChI is InChI=1S/C26H35N3O3/c1-18-15-22(30)16-19(2)23(18)17-24(27)25(31)29(26(32)28-13-7-9-20(28)3)14-8-12-21-10-5-4-6-11-21/h4-6,10-11,15-16,20,24,30H,7-9,12-14,17,27H2,1-3H3/t20-,24+/m1/s1. The molecule has 6 heteroatoms. The zero-order chi connectivity index (χ0) is 23.3. The van der Waals surface area contributed by atoms with Crippen molar-refractivity contribution in [3.63, 3.8) is 0 Å². The number of rotatable bonds is 7. The van der Waals surface area contributed by atoms with Gasteiger partial charge in [-0.3, -0.25) is 9.69 Å². The predicted octanol–water partition coefficient (Wildman–Crippen LogP) is 3.94.